The molecule has 6 heteroatoms. The van der Waals surface area contributed by atoms with E-state index in [1.54, 1.807) is 0 Å². The Bertz CT molecular complexity index is 612. The second-order valence-corrected chi connectivity index (χ2v) is 5.49. The normalized spacial score (nSPS) is 22.2. The molecule has 1 aliphatic heterocycles. The van der Waals surface area contributed by atoms with Crippen molar-refractivity contribution in [3.63, 3.8) is 0 Å². The van der Waals surface area contributed by atoms with Crippen molar-refractivity contribution in [3.8, 4) is 0 Å². The molecule has 0 saturated carbocycles. The van der Waals surface area contributed by atoms with Crippen LogP contribution < -0.4 is 11.2 Å². The van der Waals surface area contributed by atoms with Crippen LogP contribution in [0.25, 0.3) is 0 Å². The number of nitrogens with one attached hydrogen (secondary N) is 1. The molecular formula is C13H18N2O4. The highest BCUT2D eigenvalue weighted by molar-refractivity contribution is 5.93. The molecule has 0 spiro atoms. The molecule has 0 aromatic carbocycles. The van der Waals surface area contributed by atoms with Crippen molar-refractivity contribution < 1.29 is 9.53 Å². The molecule has 19 heavy (non-hydrogen) atoms. The van der Waals surface area contributed by atoms with Crippen LogP contribution in [-0.2, 0) is 4.74 Å². The summed E-state index contributed by atoms with van der Waals surface area (Å²) in [6.45, 7) is 5.65. The van der Waals surface area contributed by atoms with Crippen LogP contribution in [0.15, 0.2) is 15.8 Å². The summed E-state index contributed by atoms with van der Waals surface area (Å²) in [6, 6.07) is -0.237. The molecule has 2 rings (SSSR count). The Balaban J connectivity index is 2.50. The molecule has 1 fully saturated rings. The highest BCUT2D eigenvalue weighted by Gasteiger charge is 2.31. The van der Waals surface area contributed by atoms with Crippen LogP contribution in [0.2, 0.25) is 0 Å². The van der Waals surface area contributed by atoms with Gasteiger partial charge in [-0.15, -0.1) is 0 Å². The second kappa shape index (κ2) is 4.77. The summed E-state index contributed by atoms with van der Waals surface area (Å²) >= 11 is 0. The van der Waals surface area contributed by atoms with Crippen molar-refractivity contribution in [1.82, 2.24) is 9.55 Å². The zero-order valence-corrected chi connectivity index (χ0v) is 11.4. The molecule has 2 heterocycles. The van der Waals surface area contributed by atoms with E-state index in [2.05, 4.69) is 4.98 Å². The monoisotopic (exact) mass is 266 g/mol. The molecule has 1 aliphatic rings. The molecule has 0 radical (unpaired) electrons. The third-order valence-corrected chi connectivity index (χ3v) is 3.42. The maximum atomic E-state index is 12.2. The van der Waals surface area contributed by atoms with E-state index < -0.39 is 11.2 Å². The predicted molar refractivity (Wildman–Crippen MR) is 69.6 cm³/mol. The Morgan fingerprint density at radius 3 is 2.74 bits per heavy atom. The van der Waals surface area contributed by atoms with Crippen LogP contribution in [0, 0.1) is 0 Å². The lowest BCUT2D eigenvalue weighted by molar-refractivity contribution is -0.0701. The lowest BCUT2D eigenvalue weighted by atomic mass is 9.93. The smallest absolute Gasteiger partial charge is 0.328 e. The van der Waals surface area contributed by atoms with Gasteiger partial charge in [-0.1, -0.05) is 0 Å². The van der Waals surface area contributed by atoms with Gasteiger partial charge in [-0.3, -0.25) is 14.2 Å². The number of aromatic nitrogens is 2. The molecule has 6 nitrogen and oxygen atoms in total. The summed E-state index contributed by atoms with van der Waals surface area (Å²) in [5.74, 6) is -0.346. The molecule has 1 N–H and O–H groups in total. The summed E-state index contributed by atoms with van der Waals surface area (Å²) < 4.78 is 6.73. The number of hydrogen-bond acceptors (Lipinski definition) is 4. The van der Waals surface area contributed by atoms with E-state index in [1.165, 1.54) is 13.1 Å². The highest BCUT2D eigenvalue weighted by atomic mass is 16.5. The number of Topliss-reactive ketones (excluding diaryl/α,β-unsaturated/α-hetero) is 1. The molecule has 104 valence electrons. The number of ether oxygens (including phenoxy) is 1. The van der Waals surface area contributed by atoms with Crippen molar-refractivity contribution in [2.24, 2.45) is 0 Å². The summed E-state index contributed by atoms with van der Waals surface area (Å²) in [5.41, 5.74) is -1.35. The maximum absolute atomic E-state index is 12.2. The number of hydrogen-bond donors (Lipinski definition) is 1. The number of ketones is 1. The highest BCUT2D eigenvalue weighted by Crippen LogP contribution is 2.30. The molecule has 1 unspecified atom stereocenters. The van der Waals surface area contributed by atoms with Crippen LogP contribution >= 0.6 is 0 Å². The van der Waals surface area contributed by atoms with E-state index in [-0.39, 0.29) is 23.0 Å². The third-order valence-electron chi connectivity index (χ3n) is 3.42. The molecule has 1 atom stereocenters. The van der Waals surface area contributed by atoms with E-state index in [0.29, 0.717) is 19.4 Å². The SMILES string of the molecule is CC(=O)c1c[nH]c(=O)n(C2CCOC(C)(C)C2)c1=O. The molecule has 1 aromatic heterocycles. The summed E-state index contributed by atoms with van der Waals surface area (Å²) in [5, 5.41) is 0. The fourth-order valence-electron chi connectivity index (χ4n) is 2.49. The number of H-pyrrole nitrogens is 1. The number of aromatic amines is 1. The van der Waals surface area contributed by atoms with Crippen molar-refractivity contribution in [1.29, 1.82) is 0 Å². The average Bonchev–Trinajstić information content (AvgIpc) is 2.27. The van der Waals surface area contributed by atoms with Crippen LogP contribution in [0.4, 0.5) is 0 Å². The standard InChI is InChI=1S/C13H18N2O4/c1-8(16)10-7-14-12(18)15(11(10)17)9-4-5-19-13(2,3)6-9/h7,9H,4-6H2,1-3H3,(H,14,18). The van der Waals surface area contributed by atoms with Crippen molar-refractivity contribution in [2.45, 2.75) is 45.3 Å². The fraction of sp³-hybridized carbons (Fsp3) is 0.615. The molecule has 0 bridgehead atoms. The van der Waals surface area contributed by atoms with Gasteiger partial charge >= 0.3 is 5.69 Å². The van der Waals surface area contributed by atoms with Gasteiger partial charge < -0.3 is 9.72 Å². The second-order valence-electron chi connectivity index (χ2n) is 5.49. The molecule has 0 amide bonds. The third kappa shape index (κ3) is 2.68. The van der Waals surface area contributed by atoms with Gasteiger partial charge in [0, 0.05) is 18.8 Å². The van der Waals surface area contributed by atoms with Crippen LogP contribution in [0.5, 0.6) is 0 Å². The summed E-state index contributed by atoms with van der Waals surface area (Å²) in [4.78, 5) is 37.9. The Morgan fingerprint density at radius 2 is 2.16 bits per heavy atom. The number of carbonyl (C=O) groups is 1. The van der Waals surface area contributed by atoms with E-state index >= 15 is 0 Å². The minimum atomic E-state index is -0.515. The first-order valence-corrected chi connectivity index (χ1v) is 6.31. The van der Waals surface area contributed by atoms with Crippen molar-refractivity contribution >= 4 is 5.78 Å². The first kappa shape index (κ1) is 13.7. The summed E-state index contributed by atoms with van der Waals surface area (Å²) in [6.07, 6.45) is 2.35. The Kier molecular flexibility index (Phi) is 3.45. The molecule has 0 aliphatic carbocycles. The van der Waals surface area contributed by atoms with E-state index in [9.17, 15) is 14.4 Å². The number of rotatable bonds is 2. The van der Waals surface area contributed by atoms with E-state index in [4.69, 9.17) is 4.74 Å². The largest absolute Gasteiger partial charge is 0.375 e. The molecule has 1 saturated heterocycles. The van der Waals surface area contributed by atoms with E-state index in [0.717, 1.165) is 4.57 Å². The van der Waals surface area contributed by atoms with Crippen LogP contribution in [0.3, 0.4) is 0 Å². The van der Waals surface area contributed by atoms with Crippen LogP contribution in [-0.4, -0.2) is 27.5 Å². The Hall–Kier alpha value is -1.69. The predicted octanol–water partition coefficient (Wildman–Crippen LogP) is 0.869. The summed E-state index contributed by atoms with van der Waals surface area (Å²) in [7, 11) is 0. The Labute approximate surface area is 110 Å². The zero-order valence-electron chi connectivity index (χ0n) is 11.4. The number of nitrogens with zero attached hydrogens (tertiary/aromatic N) is 1. The topological polar surface area (TPSA) is 81.2 Å². The van der Waals surface area contributed by atoms with Gasteiger partial charge in [0.1, 0.15) is 0 Å². The zero-order chi connectivity index (χ0) is 14.2. The van der Waals surface area contributed by atoms with Gasteiger partial charge in [-0.2, -0.15) is 0 Å². The van der Waals surface area contributed by atoms with Crippen molar-refractivity contribution in [3.05, 3.63) is 32.6 Å². The van der Waals surface area contributed by atoms with Gasteiger partial charge in [0.25, 0.3) is 5.56 Å². The van der Waals surface area contributed by atoms with Crippen LogP contribution in [0.1, 0.15) is 50.0 Å². The van der Waals surface area contributed by atoms with E-state index in [1.807, 2.05) is 13.8 Å². The quantitative estimate of drug-likeness (QED) is 0.805. The number of carbonyl (C=O) groups excluding carboxylic acids is 1. The maximum Gasteiger partial charge on any atom is 0.328 e. The lowest BCUT2D eigenvalue weighted by Crippen LogP contribution is -2.45. The van der Waals surface area contributed by atoms with Gasteiger partial charge in [-0.25, -0.2) is 4.79 Å². The van der Waals surface area contributed by atoms with Gasteiger partial charge in [0.15, 0.2) is 5.78 Å². The average molecular weight is 266 g/mol. The first-order valence-electron chi connectivity index (χ1n) is 6.31. The lowest BCUT2D eigenvalue weighted by Gasteiger charge is -2.35. The van der Waals surface area contributed by atoms with Gasteiger partial charge in [-0.05, 0) is 33.6 Å². The molecule has 1 aromatic rings. The fourth-order valence-corrected chi connectivity index (χ4v) is 2.49. The van der Waals surface area contributed by atoms with Crippen molar-refractivity contribution in [2.75, 3.05) is 6.61 Å². The minimum absolute atomic E-state index is 0.0175. The van der Waals surface area contributed by atoms with Gasteiger partial charge in [0.2, 0.25) is 0 Å². The van der Waals surface area contributed by atoms with Gasteiger partial charge in [0.05, 0.1) is 11.2 Å². The minimum Gasteiger partial charge on any atom is -0.375 e. The first-order chi connectivity index (χ1) is 8.82. The molecular weight excluding hydrogens is 248 g/mol. The Morgan fingerprint density at radius 1 is 1.47 bits per heavy atom.